The molecule has 0 radical (unpaired) electrons. The van der Waals surface area contributed by atoms with Crippen molar-refractivity contribution in [3.63, 3.8) is 0 Å². The molecule has 1 aromatic carbocycles. The van der Waals surface area contributed by atoms with E-state index in [0.717, 1.165) is 22.3 Å². The highest BCUT2D eigenvalue weighted by atomic mass is 16.5. The lowest BCUT2D eigenvalue weighted by Gasteiger charge is -2.25. The van der Waals surface area contributed by atoms with Crippen molar-refractivity contribution in [2.45, 2.75) is 26.7 Å². The Morgan fingerprint density at radius 1 is 1.25 bits per heavy atom. The van der Waals surface area contributed by atoms with Crippen LogP contribution in [0.15, 0.2) is 16.7 Å². The average molecular weight is 272 g/mol. The predicted molar refractivity (Wildman–Crippen MR) is 73.8 cm³/mol. The summed E-state index contributed by atoms with van der Waals surface area (Å²) in [5.41, 5.74) is 3.96. The van der Waals surface area contributed by atoms with E-state index in [1.54, 1.807) is 12.3 Å². The van der Waals surface area contributed by atoms with Crippen LogP contribution in [0, 0.1) is 13.8 Å². The van der Waals surface area contributed by atoms with E-state index in [4.69, 9.17) is 9.15 Å². The van der Waals surface area contributed by atoms with Crippen LogP contribution < -0.4 is 4.74 Å². The summed E-state index contributed by atoms with van der Waals surface area (Å²) in [6.45, 7) is 5.87. The highest BCUT2D eigenvalue weighted by Crippen LogP contribution is 2.46. The van der Waals surface area contributed by atoms with Gasteiger partial charge in [0.15, 0.2) is 17.3 Å². The number of fused-ring (bicyclic) bond motifs is 2. The molecule has 1 atom stereocenters. The van der Waals surface area contributed by atoms with Crippen LogP contribution in [0.5, 0.6) is 11.5 Å². The summed E-state index contributed by atoms with van der Waals surface area (Å²) in [4.78, 5) is 12.6. The van der Waals surface area contributed by atoms with E-state index in [1.807, 2.05) is 20.8 Å². The maximum atomic E-state index is 12.6. The molecule has 2 aromatic rings. The number of hydrogen-bond acceptors (Lipinski definition) is 4. The van der Waals surface area contributed by atoms with Crippen molar-refractivity contribution in [2.24, 2.45) is 0 Å². The fourth-order valence-electron chi connectivity index (χ4n) is 3.16. The first-order chi connectivity index (χ1) is 9.47. The molecule has 0 saturated carbocycles. The zero-order valence-electron chi connectivity index (χ0n) is 11.9. The molecule has 0 aliphatic heterocycles. The maximum absolute atomic E-state index is 12.6. The second kappa shape index (κ2) is 4.13. The van der Waals surface area contributed by atoms with Crippen LogP contribution in [0.2, 0.25) is 0 Å². The van der Waals surface area contributed by atoms with Crippen molar-refractivity contribution in [2.75, 3.05) is 7.11 Å². The molecule has 20 heavy (non-hydrogen) atoms. The summed E-state index contributed by atoms with van der Waals surface area (Å²) < 4.78 is 10.5. The topological polar surface area (TPSA) is 59.7 Å². The minimum Gasteiger partial charge on any atom is -0.504 e. The van der Waals surface area contributed by atoms with Gasteiger partial charge in [0.25, 0.3) is 0 Å². The van der Waals surface area contributed by atoms with Gasteiger partial charge in [-0.3, -0.25) is 4.79 Å². The number of rotatable bonds is 1. The molecular weight excluding hydrogens is 256 g/mol. The Morgan fingerprint density at radius 2 is 1.95 bits per heavy atom. The largest absolute Gasteiger partial charge is 0.504 e. The maximum Gasteiger partial charge on any atom is 0.232 e. The normalized spacial score (nSPS) is 16.8. The molecule has 1 aliphatic carbocycles. The van der Waals surface area contributed by atoms with E-state index < -0.39 is 0 Å². The molecule has 0 amide bonds. The third kappa shape index (κ3) is 1.45. The number of phenols is 1. The van der Waals surface area contributed by atoms with Gasteiger partial charge in [0.2, 0.25) is 5.78 Å². The number of benzene rings is 1. The van der Waals surface area contributed by atoms with Crippen molar-refractivity contribution in [3.8, 4) is 11.5 Å². The number of hydrogen-bond donors (Lipinski definition) is 1. The Kier molecular flexibility index (Phi) is 2.64. The lowest BCUT2D eigenvalue weighted by atomic mass is 9.78. The van der Waals surface area contributed by atoms with Gasteiger partial charge in [-0.05, 0) is 36.6 Å². The molecule has 1 heterocycles. The number of phenolic OH excluding ortho intramolecular Hbond substituents is 1. The Morgan fingerprint density at radius 3 is 2.60 bits per heavy atom. The molecule has 3 rings (SSSR count). The minimum absolute atomic E-state index is 0.00764. The first-order valence-electron chi connectivity index (χ1n) is 6.50. The standard InChI is InChI=1S/C16H16O4/c1-7-5-10(19-4)14(17)13-11(7)9(3)12-8(2)6-20-16(12)15(13)18/h5-6,9,17H,1-4H3. The zero-order valence-corrected chi connectivity index (χ0v) is 11.9. The van der Waals surface area contributed by atoms with E-state index in [9.17, 15) is 9.90 Å². The van der Waals surface area contributed by atoms with Crippen molar-refractivity contribution < 1.29 is 19.1 Å². The fourth-order valence-corrected chi connectivity index (χ4v) is 3.16. The van der Waals surface area contributed by atoms with Gasteiger partial charge in [0, 0.05) is 11.5 Å². The van der Waals surface area contributed by atoms with Gasteiger partial charge in [-0.15, -0.1) is 0 Å². The molecule has 1 unspecified atom stereocenters. The number of carbonyl (C=O) groups excluding carboxylic acids is 1. The number of aromatic hydroxyl groups is 1. The number of ketones is 1. The molecule has 0 saturated heterocycles. The molecular formula is C16H16O4. The van der Waals surface area contributed by atoms with E-state index in [0.29, 0.717) is 17.1 Å². The third-order valence-corrected chi connectivity index (χ3v) is 4.05. The highest BCUT2D eigenvalue weighted by Gasteiger charge is 2.37. The Bertz CT molecular complexity index is 725. The number of ether oxygens (including phenoxy) is 1. The Labute approximate surface area is 117 Å². The van der Waals surface area contributed by atoms with Crippen molar-refractivity contribution in [3.05, 3.63) is 45.9 Å². The lowest BCUT2D eigenvalue weighted by Crippen LogP contribution is -2.19. The average Bonchev–Trinajstić information content (AvgIpc) is 2.80. The Balaban J connectivity index is 2.37. The van der Waals surface area contributed by atoms with Crippen LogP contribution in [-0.4, -0.2) is 18.0 Å². The van der Waals surface area contributed by atoms with Crippen molar-refractivity contribution in [1.29, 1.82) is 0 Å². The van der Waals surface area contributed by atoms with Crippen LogP contribution in [0.4, 0.5) is 0 Å². The second-order valence-corrected chi connectivity index (χ2v) is 5.25. The van der Waals surface area contributed by atoms with E-state index in [2.05, 4.69) is 0 Å². The minimum atomic E-state index is -0.277. The smallest absolute Gasteiger partial charge is 0.232 e. The number of aryl methyl sites for hydroxylation is 2. The number of carbonyl (C=O) groups is 1. The summed E-state index contributed by atoms with van der Waals surface area (Å²) >= 11 is 0. The van der Waals surface area contributed by atoms with Crippen LogP contribution >= 0.6 is 0 Å². The van der Waals surface area contributed by atoms with Gasteiger partial charge in [-0.2, -0.15) is 0 Å². The quantitative estimate of drug-likeness (QED) is 0.865. The van der Waals surface area contributed by atoms with Gasteiger partial charge in [0.05, 0.1) is 18.9 Å². The molecule has 4 nitrogen and oxygen atoms in total. The van der Waals surface area contributed by atoms with E-state index >= 15 is 0 Å². The van der Waals surface area contributed by atoms with E-state index in [-0.39, 0.29) is 17.5 Å². The monoisotopic (exact) mass is 272 g/mol. The van der Waals surface area contributed by atoms with Gasteiger partial charge in [0.1, 0.15) is 0 Å². The van der Waals surface area contributed by atoms with Crippen molar-refractivity contribution >= 4 is 5.78 Å². The van der Waals surface area contributed by atoms with Crippen LogP contribution in [0.3, 0.4) is 0 Å². The van der Waals surface area contributed by atoms with Crippen LogP contribution in [0.25, 0.3) is 0 Å². The summed E-state index contributed by atoms with van der Waals surface area (Å²) in [6, 6.07) is 1.76. The molecule has 104 valence electrons. The summed E-state index contributed by atoms with van der Waals surface area (Å²) in [5.74, 6) is 0.262. The van der Waals surface area contributed by atoms with E-state index in [1.165, 1.54) is 7.11 Å². The summed E-state index contributed by atoms with van der Waals surface area (Å²) in [6.07, 6.45) is 1.59. The van der Waals surface area contributed by atoms with Crippen molar-refractivity contribution in [1.82, 2.24) is 0 Å². The summed E-state index contributed by atoms with van der Waals surface area (Å²) in [5, 5.41) is 10.3. The molecule has 1 N–H and O–H groups in total. The molecule has 0 bridgehead atoms. The molecule has 0 spiro atoms. The molecule has 0 fully saturated rings. The second-order valence-electron chi connectivity index (χ2n) is 5.25. The van der Waals surface area contributed by atoms with Gasteiger partial charge >= 0.3 is 0 Å². The first kappa shape index (κ1) is 12.8. The fraction of sp³-hybridized carbons (Fsp3) is 0.312. The third-order valence-electron chi connectivity index (χ3n) is 4.05. The van der Waals surface area contributed by atoms with Crippen LogP contribution in [0.1, 0.15) is 51.2 Å². The number of furan rings is 1. The predicted octanol–water partition coefficient (Wildman–Crippen LogP) is 3.31. The SMILES string of the molecule is COc1cc(C)c2c(c1O)C(=O)c1occ(C)c1C2C. The zero-order chi connectivity index (χ0) is 14.6. The number of methoxy groups -OCH3 is 1. The van der Waals surface area contributed by atoms with Gasteiger partial charge < -0.3 is 14.3 Å². The first-order valence-corrected chi connectivity index (χ1v) is 6.50. The van der Waals surface area contributed by atoms with Gasteiger partial charge in [-0.25, -0.2) is 0 Å². The van der Waals surface area contributed by atoms with Crippen LogP contribution in [-0.2, 0) is 0 Å². The molecule has 1 aliphatic rings. The Hall–Kier alpha value is -2.23. The molecule has 1 aromatic heterocycles. The highest BCUT2D eigenvalue weighted by molar-refractivity contribution is 6.13. The lowest BCUT2D eigenvalue weighted by molar-refractivity contribution is 0.0999. The molecule has 4 heteroatoms. The van der Waals surface area contributed by atoms with Gasteiger partial charge in [-0.1, -0.05) is 6.92 Å². The summed E-state index contributed by atoms with van der Waals surface area (Å²) in [7, 11) is 1.47.